The number of aromatic nitrogens is 2. The topological polar surface area (TPSA) is 56.2 Å². The molecule has 1 N–H and O–H groups in total. The van der Waals surface area contributed by atoms with Crippen molar-refractivity contribution >= 4 is 16.9 Å². The molecule has 3 aromatic rings. The zero-order chi connectivity index (χ0) is 16.9. The molecule has 0 fully saturated rings. The van der Waals surface area contributed by atoms with E-state index in [2.05, 4.69) is 10.3 Å². The zero-order valence-corrected chi connectivity index (χ0v) is 12.7. The van der Waals surface area contributed by atoms with E-state index in [9.17, 15) is 13.6 Å². The number of ether oxygens (including phenoxy) is 1. The predicted molar refractivity (Wildman–Crippen MR) is 84.6 cm³/mol. The first-order valence-electron chi connectivity index (χ1n) is 7.38. The first kappa shape index (κ1) is 15.9. The Kier molecular flexibility index (Phi) is 4.69. The van der Waals surface area contributed by atoms with Crippen LogP contribution in [0.1, 0.15) is 0 Å². The van der Waals surface area contributed by atoms with Crippen molar-refractivity contribution in [2.24, 2.45) is 0 Å². The fraction of sp³-hybridized carbons (Fsp3) is 0.176. The molecule has 7 heteroatoms. The second-order valence-electron chi connectivity index (χ2n) is 5.14. The molecular weight excluding hydrogens is 316 g/mol. The molecule has 124 valence electrons. The van der Waals surface area contributed by atoms with E-state index in [4.69, 9.17) is 4.74 Å². The number of benzene rings is 2. The summed E-state index contributed by atoms with van der Waals surface area (Å²) in [5.41, 5.74) is 0.665. The van der Waals surface area contributed by atoms with Crippen LogP contribution in [-0.4, -0.2) is 28.6 Å². The zero-order valence-electron chi connectivity index (χ0n) is 12.7. The highest BCUT2D eigenvalue weighted by atomic mass is 19.2. The molecule has 0 unspecified atom stereocenters. The number of imidazole rings is 1. The van der Waals surface area contributed by atoms with Gasteiger partial charge in [0.05, 0.1) is 23.9 Å². The molecule has 0 bridgehead atoms. The molecule has 0 aliphatic rings. The van der Waals surface area contributed by atoms with Gasteiger partial charge >= 0.3 is 0 Å². The van der Waals surface area contributed by atoms with E-state index in [1.54, 1.807) is 0 Å². The summed E-state index contributed by atoms with van der Waals surface area (Å²) in [5, 5.41) is 2.70. The molecule has 2 aromatic carbocycles. The third-order valence-electron chi connectivity index (χ3n) is 3.41. The van der Waals surface area contributed by atoms with Gasteiger partial charge in [0.15, 0.2) is 11.6 Å². The Morgan fingerprint density at radius 1 is 1.17 bits per heavy atom. The number of carbonyl (C=O) groups is 1. The van der Waals surface area contributed by atoms with E-state index < -0.39 is 11.6 Å². The maximum absolute atomic E-state index is 13.3. The molecule has 0 aliphatic carbocycles. The minimum absolute atomic E-state index is 0.0348. The summed E-state index contributed by atoms with van der Waals surface area (Å²) in [5.74, 6) is -1.48. The van der Waals surface area contributed by atoms with Gasteiger partial charge in [-0.1, -0.05) is 18.2 Å². The van der Waals surface area contributed by atoms with Gasteiger partial charge < -0.3 is 14.6 Å². The van der Waals surface area contributed by atoms with Crippen molar-refractivity contribution in [2.45, 2.75) is 6.54 Å². The van der Waals surface area contributed by atoms with E-state index in [1.807, 2.05) is 30.3 Å². The van der Waals surface area contributed by atoms with Crippen LogP contribution in [0.2, 0.25) is 0 Å². The normalized spacial score (nSPS) is 10.8. The van der Waals surface area contributed by atoms with E-state index in [0.717, 1.165) is 17.9 Å². The van der Waals surface area contributed by atoms with Gasteiger partial charge in [0, 0.05) is 12.1 Å². The number of nitrogens with zero attached hydrogens (tertiary/aromatic N) is 2. The number of rotatable bonds is 6. The fourth-order valence-corrected chi connectivity index (χ4v) is 2.27. The molecule has 0 saturated carbocycles. The van der Waals surface area contributed by atoms with Crippen LogP contribution in [0.4, 0.5) is 8.78 Å². The van der Waals surface area contributed by atoms with Crippen molar-refractivity contribution in [1.82, 2.24) is 14.9 Å². The highest BCUT2D eigenvalue weighted by molar-refractivity contribution is 5.80. The summed E-state index contributed by atoms with van der Waals surface area (Å²) in [6, 6.07) is 11.3. The van der Waals surface area contributed by atoms with Gasteiger partial charge in [0.2, 0.25) is 5.91 Å². The molecule has 1 amide bonds. The van der Waals surface area contributed by atoms with Crippen LogP contribution in [0.25, 0.3) is 11.0 Å². The second-order valence-corrected chi connectivity index (χ2v) is 5.14. The minimum Gasteiger partial charge on any atom is -0.492 e. The smallest absolute Gasteiger partial charge is 0.240 e. The Bertz CT molecular complexity index is 850. The van der Waals surface area contributed by atoms with Crippen molar-refractivity contribution < 1.29 is 18.3 Å². The third-order valence-corrected chi connectivity index (χ3v) is 3.41. The lowest BCUT2D eigenvalue weighted by Crippen LogP contribution is -2.31. The van der Waals surface area contributed by atoms with Crippen LogP contribution in [-0.2, 0) is 11.3 Å². The second kappa shape index (κ2) is 7.08. The summed E-state index contributed by atoms with van der Waals surface area (Å²) in [4.78, 5) is 15.9. The largest absolute Gasteiger partial charge is 0.492 e. The van der Waals surface area contributed by atoms with E-state index in [1.165, 1.54) is 10.9 Å². The van der Waals surface area contributed by atoms with Gasteiger partial charge in [-0.3, -0.25) is 4.79 Å². The summed E-state index contributed by atoms with van der Waals surface area (Å²) in [6.45, 7) is 0.635. The minimum atomic E-state index is -0.971. The average Bonchev–Trinajstić information content (AvgIpc) is 2.95. The predicted octanol–water partition coefficient (Wildman–Crippen LogP) is 2.51. The molecule has 0 spiro atoms. The Morgan fingerprint density at radius 3 is 2.71 bits per heavy atom. The Balaban J connectivity index is 1.53. The molecule has 3 rings (SSSR count). The SMILES string of the molecule is O=C(Cn1cnc2cc(F)c(F)cc21)NCCOc1ccccc1. The summed E-state index contributed by atoms with van der Waals surface area (Å²) >= 11 is 0. The number of hydrogen-bond donors (Lipinski definition) is 1. The first-order valence-corrected chi connectivity index (χ1v) is 7.38. The van der Waals surface area contributed by atoms with Crippen LogP contribution in [0, 0.1) is 11.6 Å². The van der Waals surface area contributed by atoms with E-state index in [-0.39, 0.29) is 12.5 Å². The highest BCUT2D eigenvalue weighted by Crippen LogP contribution is 2.17. The number of hydrogen-bond acceptors (Lipinski definition) is 3. The average molecular weight is 331 g/mol. The van der Waals surface area contributed by atoms with Crippen LogP contribution >= 0.6 is 0 Å². The van der Waals surface area contributed by atoms with Gasteiger partial charge in [-0.25, -0.2) is 13.8 Å². The molecular formula is C17H15F2N3O2. The summed E-state index contributed by atoms with van der Waals surface area (Å²) in [7, 11) is 0. The number of halogens is 2. The highest BCUT2D eigenvalue weighted by Gasteiger charge is 2.11. The molecule has 0 atom stereocenters. The van der Waals surface area contributed by atoms with Crippen LogP contribution in [0.5, 0.6) is 5.75 Å². The number of carbonyl (C=O) groups excluding carboxylic acids is 1. The van der Waals surface area contributed by atoms with Gasteiger partial charge in [-0.05, 0) is 12.1 Å². The molecule has 0 saturated heterocycles. The molecule has 0 radical (unpaired) electrons. The first-order chi connectivity index (χ1) is 11.6. The van der Waals surface area contributed by atoms with Gasteiger partial charge in [-0.2, -0.15) is 0 Å². The molecule has 24 heavy (non-hydrogen) atoms. The standard InChI is InChI=1S/C17H15F2N3O2/c18-13-8-15-16(9-14(13)19)22(11-21-15)10-17(23)20-6-7-24-12-4-2-1-3-5-12/h1-5,8-9,11H,6-7,10H2,(H,20,23). The number of nitrogens with one attached hydrogen (secondary N) is 1. The Labute approximate surface area is 136 Å². The van der Waals surface area contributed by atoms with Crippen molar-refractivity contribution in [3.63, 3.8) is 0 Å². The quantitative estimate of drug-likeness (QED) is 0.706. The maximum atomic E-state index is 13.3. The van der Waals surface area contributed by atoms with Gasteiger partial charge in [0.1, 0.15) is 18.9 Å². The van der Waals surface area contributed by atoms with Crippen molar-refractivity contribution in [3.05, 3.63) is 60.4 Å². The molecule has 0 aliphatic heterocycles. The number of para-hydroxylation sites is 1. The lowest BCUT2D eigenvalue weighted by Gasteiger charge is -2.08. The number of fused-ring (bicyclic) bond motifs is 1. The Morgan fingerprint density at radius 2 is 1.92 bits per heavy atom. The number of amides is 1. The van der Waals surface area contributed by atoms with Crippen LogP contribution < -0.4 is 10.1 Å². The summed E-state index contributed by atoms with van der Waals surface area (Å²) in [6.07, 6.45) is 1.38. The van der Waals surface area contributed by atoms with Crippen molar-refractivity contribution in [3.8, 4) is 5.75 Å². The van der Waals surface area contributed by atoms with Crippen molar-refractivity contribution in [2.75, 3.05) is 13.2 Å². The van der Waals surface area contributed by atoms with E-state index >= 15 is 0 Å². The van der Waals surface area contributed by atoms with Gasteiger partial charge in [-0.15, -0.1) is 0 Å². The molecule has 1 aromatic heterocycles. The van der Waals surface area contributed by atoms with Gasteiger partial charge in [0.25, 0.3) is 0 Å². The fourth-order valence-electron chi connectivity index (χ4n) is 2.27. The lowest BCUT2D eigenvalue weighted by atomic mass is 10.3. The molecule has 1 heterocycles. The Hall–Kier alpha value is -2.96. The third kappa shape index (κ3) is 3.68. The van der Waals surface area contributed by atoms with Crippen molar-refractivity contribution in [1.29, 1.82) is 0 Å². The summed E-state index contributed by atoms with van der Waals surface area (Å²) < 4.78 is 33.4. The van der Waals surface area contributed by atoms with E-state index in [0.29, 0.717) is 24.2 Å². The van der Waals surface area contributed by atoms with Crippen LogP contribution in [0.3, 0.4) is 0 Å². The monoisotopic (exact) mass is 331 g/mol. The van der Waals surface area contributed by atoms with Crippen LogP contribution in [0.15, 0.2) is 48.8 Å². The molecule has 5 nitrogen and oxygen atoms in total. The maximum Gasteiger partial charge on any atom is 0.240 e. The lowest BCUT2D eigenvalue weighted by molar-refractivity contribution is -0.121.